The minimum atomic E-state index is -0.535. The smallest absolute Gasteiger partial charge is 0.0819 e. The molecule has 0 atom stereocenters. The summed E-state index contributed by atoms with van der Waals surface area (Å²) in [5.74, 6) is 0. The summed E-state index contributed by atoms with van der Waals surface area (Å²) in [7, 11) is 0. The van der Waals surface area contributed by atoms with E-state index in [1.807, 2.05) is 25.1 Å². The number of aliphatic hydroxyl groups is 1. The predicted molar refractivity (Wildman–Crippen MR) is 72.7 cm³/mol. The van der Waals surface area contributed by atoms with Gasteiger partial charge in [-0.05, 0) is 37.5 Å². The Morgan fingerprint density at radius 3 is 2.71 bits per heavy atom. The lowest BCUT2D eigenvalue weighted by Crippen LogP contribution is -2.38. The van der Waals surface area contributed by atoms with Crippen molar-refractivity contribution >= 4 is 17.3 Å². The number of benzene rings is 1. The van der Waals surface area contributed by atoms with Crippen LogP contribution in [0.3, 0.4) is 0 Å². The van der Waals surface area contributed by atoms with Gasteiger partial charge in [-0.25, -0.2) is 0 Å². The number of nitrogens with one attached hydrogen (secondary N) is 1. The molecule has 2 rings (SSSR count). The molecule has 94 valence electrons. The lowest BCUT2D eigenvalue weighted by Gasteiger charge is -2.32. The van der Waals surface area contributed by atoms with Crippen LogP contribution in [0.25, 0.3) is 0 Å². The van der Waals surface area contributed by atoms with Crippen molar-refractivity contribution in [3.8, 4) is 0 Å². The maximum Gasteiger partial charge on any atom is 0.0819 e. The van der Waals surface area contributed by atoms with Gasteiger partial charge in [0.25, 0.3) is 0 Å². The van der Waals surface area contributed by atoms with E-state index in [2.05, 4.69) is 5.32 Å². The van der Waals surface area contributed by atoms with Gasteiger partial charge in [0, 0.05) is 17.3 Å². The van der Waals surface area contributed by atoms with Crippen LogP contribution in [0, 0.1) is 6.92 Å². The fraction of sp³-hybridized carbons (Fsp3) is 0.571. The zero-order chi connectivity index (χ0) is 12.3. The lowest BCUT2D eigenvalue weighted by molar-refractivity contribution is 0.0167. The van der Waals surface area contributed by atoms with Gasteiger partial charge < -0.3 is 10.4 Å². The van der Waals surface area contributed by atoms with Crippen LogP contribution >= 0.6 is 11.6 Å². The predicted octanol–water partition coefficient (Wildman–Crippen LogP) is 3.76. The SMILES string of the molecule is Cc1c(Cl)cccc1NCC1(O)CCCCC1. The Morgan fingerprint density at radius 1 is 1.29 bits per heavy atom. The van der Waals surface area contributed by atoms with Crippen LogP contribution in [0.15, 0.2) is 18.2 Å². The Morgan fingerprint density at radius 2 is 2.00 bits per heavy atom. The first-order chi connectivity index (χ1) is 8.11. The Hall–Kier alpha value is -0.730. The van der Waals surface area contributed by atoms with E-state index < -0.39 is 5.60 Å². The molecular weight excluding hydrogens is 234 g/mol. The Bertz CT molecular complexity index is 386. The first kappa shape index (κ1) is 12.7. The van der Waals surface area contributed by atoms with Gasteiger partial charge in [-0.15, -0.1) is 0 Å². The van der Waals surface area contributed by atoms with Gasteiger partial charge in [0.1, 0.15) is 0 Å². The third kappa shape index (κ3) is 3.14. The average molecular weight is 254 g/mol. The molecule has 0 aromatic heterocycles. The van der Waals surface area contributed by atoms with Crippen molar-refractivity contribution in [2.45, 2.75) is 44.6 Å². The monoisotopic (exact) mass is 253 g/mol. The number of rotatable bonds is 3. The van der Waals surface area contributed by atoms with Gasteiger partial charge in [-0.1, -0.05) is 36.9 Å². The molecule has 1 aromatic rings. The minimum absolute atomic E-state index is 0.535. The van der Waals surface area contributed by atoms with Crippen LogP contribution in [0.2, 0.25) is 5.02 Å². The largest absolute Gasteiger partial charge is 0.388 e. The van der Waals surface area contributed by atoms with Gasteiger partial charge >= 0.3 is 0 Å². The highest BCUT2D eigenvalue weighted by molar-refractivity contribution is 6.31. The molecule has 0 amide bonds. The molecule has 1 fully saturated rings. The second kappa shape index (κ2) is 5.28. The number of hydrogen-bond donors (Lipinski definition) is 2. The minimum Gasteiger partial charge on any atom is -0.388 e. The normalized spacial score (nSPS) is 19.0. The molecule has 17 heavy (non-hydrogen) atoms. The summed E-state index contributed by atoms with van der Waals surface area (Å²) in [5, 5.41) is 14.5. The van der Waals surface area contributed by atoms with Crippen LogP contribution < -0.4 is 5.32 Å². The van der Waals surface area contributed by atoms with E-state index in [1.165, 1.54) is 6.42 Å². The summed E-state index contributed by atoms with van der Waals surface area (Å²) in [4.78, 5) is 0. The van der Waals surface area contributed by atoms with Gasteiger partial charge in [0.05, 0.1) is 5.60 Å². The molecule has 3 heteroatoms. The maximum atomic E-state index is 10.4. The van der Waals surface area contributed by atoms with Crippen molar-refractivity contribution in [3.05, 3.63) is 28.8 Å². The summed E-state index contributed by atoms with van der Waals surface area (Å²) in [6.07, 6.45) is 5.32. The molecule has 2 N–H and O–H groups in total. The van der Waals surface area contributed by atoms with Crippen molar-refractivity contribution in [2.24, 2.45) is 0 Å². The highest BCUT2D eigenvalue weighted by Gasteiger charge is 2.28. The molecule has 0 unspecified atom stereocenters. The van der Waals surface area contributed by atoms with Crippen molar-refractivity contribution in [1.29, 1.82) is 0 Å². The van der Waals surface area contributed by atoms with E-state index in [1.54, 1.807) is 0 Å². The molecule has 0 heterocycles. The van der Waals surface area contributed by atoms with Gasteiger partial charge in [0.15, 0.2) is 0 Å². The summed E-state index contributed by atoms with van der Waals surface area (Å²) in [6, 6.07) is 5.83. The first-order valence-electron chi connectivity index (χ1n) is 6.32. The molecule has 1 aliphatic rings. The molecular formula is C14H20ClNO. The molecule has 1 aromatic carbocycles. The summed E-state index contributed by atoms with van der Waals surface area (Å²) < 4.78 is 0. The average Bonchev–Trinajstić information content (AvgIpc) is 2.32. The summed E-state index contributed by atoms with van der Waals surface area (Å²) in [6.45, 7) is 2.61. The van der Waals surface area contributed by atoms with Crippen LogP contribution in [-0.2, 0) is 0 Å². The number of anilines is 1. The zero-order valence-electron chi connectivity index (χ0n) is 10.3. The molecule has 1 saturated carbocycles. The van der Waals surface area contributed by atoms with Crippen LogP contribution in [0.4, 0.5) is 5.69 Å². The summed E-state index contributed by atoms with van der Waals surface area (Å²) in [5.41, 5.74) is 1.54. The van der Waals surface area contributed by atoms with Gasteiger partial charge in [-0.2, -0.15) is 0 Å². The van der Waals surface area contributed by atoms with E-state index in [4.69, 9.17) is 11.6 Å². The maximum absolute atomic E-state index is 10.4. The van der Waals surface area contributed by atoms with E-state index in [-0.39, 0.29) is 0 Å². The Labute approximate surface area is 108 Å². The van der Waals surface area contributed by atoms with E-state index in [0.29, 0.717) is 6.54 Å². The topological polar surface area (TPSA) is 32.3 Å². The molecule has 2 nitrogen and oxygen atoms in total. The standard InChI is InChI=1S/C14H20ClNO/c1-11-12(15)6-5-7-13(11)16-10-14(17)8-3-2-4-9-14/h5-7,16-17H,2-4,8-10H2,1H3. The lowest BCUT2D eigenvalue weighted by atomic mass is 9.85. The first-order valence-corrected chi connectivity index (χ1v) is 6.70. The van der Waals surface area contributed by atoms with Gasteiger partial charge in [0.2, 0.25) is 0 Å². The molecule has 0 spiro atoms. The molecule has 0 radical (unpaired) electrons. The molecule has 0 saturated heterocycles. The second-order valence-corrected chi connectivity index (χ2v) is 5.46. The fourth-order valence-corrected chi connectivity index (χ4v) is 2.62. The Balaban J connectivity index is 1.99. The molecule has 0 bridgehead atoms. The zero-order valence-corrected chi connectivity index (χ0v) is 11.1. The number of halogens is 1. The van der Waals surface area contributed by atoms with E-state index in [0.717, 1.165) is 42.0 Å². The van der Waals surface area contributed by atoms with E-state index in [9.17, 15) is 5.11 Å². The third-order valence-corrected chi connectivity index (χ3v) is 4.07. The highest BCUT2D eigenvalue weighted by Crippen LogP contribution is 2.29. The van der Waals surface area contributed by atoms with Crippen molar-refractivity contribution in [3.63, 3.8) is 0 Å². The number of hydrogen-bond acceptors (Lipinski definition) is 2. The molecule has 1 aliphatic carbocycles. The fourth-order valence-electron chi connectivity index (χ4n) is 2.45. The van der Waals surface area contributed by atoms with Crippen molar-refractivity contribution in [1.82, 2.24) is 0 Å². The van der Waals surface area contributed by atoms with E-state index >= 15 is 0 Å². The Kier molecular flexibility index (Phi) is 3.95. The second-order valence-electron chi connectivity index (χ2n) is 5.05. The van der Waals surface area contributed by atoms with Crippen LogP contribution in [0.5, 0.6) is 0 Å². The quantitative estimate of drug-likeness (QED) is 0.860. The van der Waals surface area contributed by atoms with Crippen molar-refractivity contribution in [2.75, 3.05) is 11.9 Å². The third-order valence-electron chi connectivity index (χ3n) is 3.66. The van der Waals surface area contributed by atoms with Gasteiger partial charge in [-0.3, -0.25) is 0 Å². The van der Waals surface area contributed by atoms with Crippen LogP contribution in [0.1, 0.15) is 37.7 Å². The summed E-state index contributed by atoms with van der Waals surface area (Å²) >= 11 is 6.07. The van der Waals surface area contributed by atoms with Crippen molar-refractivity contribution < 1.29 is 5.11 Å². The van der Waals surface area contributed by atoms with Crippen LogP contribution in [-0.4, -0.2) is 17.3 Å². The highest BCUT2D eigenvalue weighted by atomic mass is 35.5. The molecule has 0 aliphatic heterocycles.